The Morgan fingerprint density at radius 3 is 2.65 bits per heavy atom. The summed E-state index contributed by atoms with van der Waals surface area (Å²) in [5.41, 5.74) is 1.21. The van der Waals surface area contributed by atoms with E-state index in [1.54, 1.807) is 17.4 Å². The van der Waals surface area contributed by atoms with E-state index < -0.39 is 0 Å². The number of likely N-dealkylation sites (N-methyl/N-ethyl adjacent to an activating group) is 1. The number of nitrogens with one attached hydrogen (secondary N) is 1. The van der Waals surface area contributed by atoms with E-state index >= 15 is 0 Å². The fraction of sp³-hybridized carbons (Fsp3) is 0.381. The lowest BCUT2D eigenvalue weighted by molar-refractivity contribution is -0.116. The van der Waals surface area contributed by atoms with E-state index in [-0.39, 0.29) is 5.91 Å². The predicted octanol–water partition coefficient (Wildman–Crippen LogP) is 3.18. The number of hydrogen-bond donors (Lipinski definition) is 1. The summed E-state index contributed by atoms with van der Waals surface area (Å²) >= 11 is 1.70. The first-order valence-corrected chi connectivity index (χ1v) is 10.0. The van der Waals surface area contributed by atoms with Crippen LogP contribution in [0.1, 0.15) is 11.3 Å². The molecule has 2 heterocycles. The van der Waals surface area contributed by atoms with E-state index in [1.807, 2.05) is 24.3 Å². The molecule has 0 radical (unpaired) electrons. The van der Waals surface area contributed by atoms with Crippen LogP contribution in [0.5, 0.6) is 0 Å². The van der Waals surface area contributed by atoms with Crippen molar-refractivity contribution in [2.45, 2.75) is 6.42 Å². The van der Waals surface area contributed by atoms with E-state index in [4.69, 9.17) is 0 Å². The molecule has 3 rings (SSSR count). The van der Waals surface area contributed by atoms with Gasteiger partial charge in [0.2, 0.25) is 5.91 Å². The molecule has 0 saturated carbocycles. The highest BCUT2D eigenvalue weighted by molar-refractivity contribution is 7.16. The summed E-state index contributed by atoms with van der Waals surface area (Å²) in [6.07, 6.45) is 4.53. The van der Waals surface area contributed by atoms with Crippen LogP contribution in [0.3, 0.4) is 0 Å². The van der Waals surface area contributed by atoms with Crippen LogP contribution in [0.15, 0.2) is 48.5 Å². The molecule has 138 valence electrons. The van der Waals surface area contributed by atoms with Gasteiger partial charge in [-0.05, 0) is 43.8 Å². The van der Waals surface area contributed by atoms with Gasteiger partial charge in [-0.2, -0.15) is 0 Å². The van der Waals surface area contributed by atoms with Gasteiger partial charge in [0.1, 0.15) is 0 Å². The number of benzene rings is 1. The van der Waals surface area contributed by atoms with Crippen LogP contribution in [-0.4, -0.2) is 62.0 Å². The van der Waals surface area contributed by atoms with Crippen LogP contribution < -0.4 is 5.32 Å². The molecule has 1 aromatic heterocycles. The van der Waals surface area contributed by atoms with Crippen molar-refractivity contribution in [2.24, 2.45) is 0 Å². The van der Waals surface area contributed by atoms with Gasteiger partial charge in [-0.3, -0.25) is 4.79 Å². The van der Waals surface area contributed by atoms with Gasteiger partial charge in [-0.25, -0.2) is 0 Å². The first kappa shape index (κ1) is 18.8. The second-order valence-electron chi connectivity index (χ2n) is 6.69. The van der Waals surface area contributed by atoms with E-state index in [0.717, 1.165) is 50.6 Å². The molecule has 2 aromatic rings. The molecule has 26 heavy (non-hydrogen) atoms. The van der Waals surface area contributed by atoms with Crippen molar-refractivity contribution in [1.29, 1.82) is 0 Å². The van der Waals surface area contributed by atoms with Gasteiger partial charge in [-0.1, -0.05) is 30.3 Å². The third-order valence-corrected chi connectivity index (χ3v) is 5.73. The SMILES string of the molecule is CN1CCN(CCCNC(=O)/C=C/c2ccc(-c3ccccc3)s2)CC1. The lowest BCUT2D eigenvalue weighted by Gasteiger charge is -2.32. The Kier molecular flexibility index (Phi) is 7.00. The highest BCUT2D eigenvalue weighted by atomic mass is 32.1. The Hall–Kier alpha value is -1.95. The summed E-state index contributed by atoms with van der Waals surface area (Å²) in [4.78, 5) is 19.1. The third kappa shape index (κ3) is 5.80. The minimum absolute atomic E-state index is 0.0157. The fourth-order valence-electron chi connectivity index (χ4n) is 3.00. The number of thiophene rings is 1. The second kappa shape index (κ2) is 9.67. The van der Waals surface area contributed by atoms with Crippen molar-refractivity contribution < 1.29 is 4.79 Å². The lowest BCUT2D eigenvalue weighted by atomic mass is 10.2. The van der Waals surface area contributed by atoms with Gasteiger partial charge < -0.3 is 15.1 Å². The summed E-state index contributed by atoms with van der Waals surface area (Å²) in [7, 11) is 2.17. The van der Waals surface area contributed by atoms with Crippen LogP contribution in [0.2, 0.25) is 0 Å². The summed E-state index contributed by atoms with van der Waals surface area (Å²) in [6.45, 7) is 6.33. The van der Waals surface area contributed by atoms with Gasteiger partial charge in [0, 0.05) is 48.6 Å². The highest BCUT2D eigenvalue weighted by Crippen LogP contribution is 2.28. The molecule has 5 heteroatoms. The third-order valence-electron chi connectivity index (χ3n) is 4.63. The van der Waals surface area contributed by atoms with Gasteiger partial charge >= 0.3 is 0 Å². The lowest BCUT2D eigenvalue weighted by Crippen LogP contribution is -2.45. The number of hydrogen-bond acceptors (Lipinski definition) is 4. The van der Waals surface area contributed by atoms with E-state index in [1.165, 1.54) is 10.4 Å². The zero-order valence-electron chi connectivity index (χ0n) is 15.4. The zero-order chi connectivity index (χ0) is 18.2. The van der Waals surface area contributed by atoms with E-state index in [9.17, 15) is 4.79 Å². The Morgan fingerprint density at radius 2 is 1.88 bits per heavy atom. The second-order valence-corrected chi connectivity index (χ2v) is 7.81. The Morgan fingerprint density at radius 1 is 1.12 bits per heavy atom. The molecular weight excluding hydrogens is 342 g/mol. The molecule has 4 nitrogen and oxygen atoms in total. The van der Waals surface area contributed by atoms with E-state index in [2.05, 4.69) is 46.4 Å². The molecule has 1 saturated heterocycles. The molecule has 1 N–H and O–H groups in total. The first-order valence-electron chi connectivity index (χ1n) is 9.23. The molecule has 1 amide bonds. The van der Waals surface area contributed by atoms with Crippen molar-refractivity contribution in [1.82, 2.24) is 15.1 Å². The van der Waals surface area contributed by atoms with E-state index in [0.29, 0.717) is 0 Å². The molecule has 1 aromatic carbocycles. The maximum absolute atomic E-state index is 12.0. The van der Waals surface area contributed by atoms with Gasteiger partial charge in [0.15, 0.2) is 0 Å². The average molecular weight is 370 g/mol. The zero-order valence-corrected chi connectivity index (χ0v) is 16.2. The molecule has 0 atom stereocenters. The van der Waals surface area contributed by atoms with Crippen LogP contribution >= 0.6 is 11.3 Å². The topological polar surface area (TPSA) is 35.6 Å². The summed E-state index contributed by atoms with van der Waals surface area (Å²) < 4.78 is 0. The quantitative estimate of drug-likeness (QED) is 0.601. The van der Waals surface area contributed by atoms with Crippen molar-refractivity contribution >= 4 is 23.3 Å². The largest absolute Gasteiger partial charge is 0.353 e. The minimum Gasteiger partial charge on any atom is -0.353 e. The Bertz CT molecular complexity index is 718. The molecule has 0 spiro atoms. The van der Waals surface area contributed by atoms with Crippen molar-refractivity contribution in [2.75, 3.05) is 46.3 Å². The van der Waals surface area contributed by atoms with Gasteiger partial charge in [0.05, 0.1) is 0 Å². The number of nitrogens with zero attached hydrogens (tertiary/aromatic N) is 2. The molecule has 0 unspecified atom stereocenters. The van der Waals surface area contributed by atoms with Crippen LogP contribution in [0.25, 0.3) is 16.5 Å². The van der Waals surface area contributed by atoms with Crippen LogP contribution in [-0.2, 0) is 4.79 Å². The van der Waals surface area contributed by atoms with Crippen LogP contribution in [0, 0.1) is 0 Å². The predicted molar refractivity (Wildman–Crippen MR) is 110 cm³/mol. The summed E-state index contributed by atoms with van der Waals surface area (Å²) in [5.74, 6) is -0.0157. The molecule has 1 aliphatic heterocycles. The summed E-state index contributed by atoms with van der Waals surface area (Å²) in [6, 6.07) is 14.5. The van der Waals surface area contributed by atoms with Gasteiger partial charge in [0.25, 0.3) is 0 Å². The highest BCUT2D eigenvalue weighted by Gasteiger charge is 2.12. The number of amides is 1. The van der Waals surface area contributed by atoms with Gasteiger partial charge in [-0.15, -0.1) is 11.3 Å². The number of rotatable bonds is 7. The van der Waals surface area contributed by atoms with Crippen molar-refractivity contribution in [3.63, 3.8) is 0 Å². The minimum atomic E-state index is -0.0157. The maximum Gasteiger partial charge on any atom is 0.244 e. The normalized spacial score (nSPS) is 16.2. The molecular formula is C21H27N3OS. The molecule has 1 fully saturated rings. The maximum atomic E-state index is 12.0. The number of carbonyl (C=O) groups excluding carboxylic acids is 1. The molecule has 0 aliphatic carbocycles. The summed E-state index contributed by atoms with van der Waals surface area (Å²) in [5, 5.41) is 2.98. The smallest absolute Gasteiger partial charge is 0.244 e. The Balaban J connectivity index is 1.37. The first-order chi connectivity index (χ1) is 12.7. The average Bonchev–Trinajstić information content (AvgIpc) is 3.15. The molecule has 0 bridgehead atoms. The number of piperazine rings is 1. The molecule has 1 aliphatic rings. The van der Waals surface area contributed by atoms with Crippen LogP contribution in [0.4, 0.5) is 0 Å². The fourth-order valence-corrected chi connectivity index (χ4v) is 3.92. The van der Waals surface area contributed by atoms with Crippen molar-refractivity contribution in [3.05, 3.63) is 53.4 Å². The Labute approximate surface area is 160 Å². The van der Waals surface area contributed by atoms with Crippen molar-refractivity contribution in [3.8, 4) is 10.4 Å². The standard InChI is InChI=1S/C21H27N3OS/c1-23-14-16-24(17-15-23)13-5-12-22-21(25)11-9-19-8-10-20(26-19)18-6-3-2-4-7-18/h2-4,6-11H,5,12-17H2,1H3,(H,22,25)/b11-9+. The number of carbonyl (C=O) groups is 1. The monoisotopic (exact) mass is 369 g/mol.